The third-order valence-electron chi connectivity index (χ3n) is 12.7. The Morgan fingerprint density at radius 2 is 1.33 bits per heavy atom. The number of hydrogen-bond acceptors (Lipinski definition) is 3. The van der Waals surface area contributed by atoms with E-state index in [1.807, 2.05) is 6.26 Å². The van der Waals surface area contributed by atoms with E-state index in [0.717, 1.165) is 35.7 Å². The number of fused-ring (bicyclic) bond motifs is 6. The average molecular weight is 738 g/mol. The standard InChI is InChI=1S/C54H43NO2/c1-35-14-3-9-23-49(35)55(40-29-30-46-48-22-11-12-31-54(48,2)57-51(46)33-40)39-16-13-15-38(32-39)53-44-20-6-4-18-42(44)52(43-19-5-7-21-45(43)53)37-27-25-36(26-28-37)47-34-56-50-24-10-8-17-41(47)50/h3-7,9-16,18-35,48-49H,8,17H2,1-2H3. The zero-order valence-corrected chi connectivity index (χ0v) is 32.2. The van der Waals surface area contributed by atoms with Crippen LogP contribution in [0.25, 0.3) is 61.0 Å². The summed E-state index contributed by atoms with van der Waals surface area (Å²) in [6.07, 6.45) is 26.0. The maximum absolute atomic E-state index is 6.72. The molecular formula is C54H43NO2. The van der Waals surface area contributed by atoms with Gasteiger partial charge in [0.05, 0.1) is 12.3 Å². The molecule has 0 amide bonds. The molecule has 0 spiro atoms. The number of allylic oxidation sites excluding steroid dienone is 5. The van der Waals surface area contributed by atoms with Crippen molar-refractivity contribution in [2.75, 3.05) is 4.90 Å². The van der Waals surface area contributed by atoms with Gasteiger partial charge in [-0.2, -0.15) is 0 Å². The minimum atomic E-state index is -0.366. The van der Waals surface area contributed by atoms with Crippen molar-refractivity contribution < 1.29 is 9.15 Å². The number of furan rings is 1. The molecule has 6 aromatic carbocycles. The maximum Gasteiger partial charge on any atom is 0.135 e. The summed E-state index contributed by atoms with van der Waals surface area (Å²) < 4.78 is 12.7. The Morgan fingerprint density at radius 1 is 0.649 bits per heavy atom. The predicted molar refractivity (Wildman–Crippen MR) is 237 cm³/mol. The van der Waals surface area contributed by atoms with Crippen LogP contribution in [0.1, 0.15) is 43.1 Å². The first-order valence-corrected chi connectivity index (χ1v) is 20.3. The first-order valence-electron chi connectivity index (χ1n) is 20.3. The molecule has 0 saturated carbocycles. The molecule has 11 rings (SSSR count). The number of benzene rings is 6. The predicted octanol–water partition coefficient (Wildman–Crippen LogP) is 14.2. The SMILES string of the molecule is CC1C=CC=CC1N(c1cccc(-c2c3ccccc3c(-c3ccc(-c4coc5c4CCC=C5)cc3)c3ccccc23)c1)c1ccc2c(c1)OC1(C)C=CC=CC21. The molecule has 0 fully saturated rings. The molecule has 0 N–H and O–H groups in total. The van der Waals surface area contributed by atoms with Crippen molar-refractivity contribution in [1.29, 1.82) is 0 Å². The third kappa shape index (κ3) is 5.48. The monoisotopic (exact) mass is 737 g/mol. The molecule has 0 saturated heterocycles. The van der Waals surface area contributed by atoms with Gasteiger partial charge < -0.3 is 14.1 Å². The van der Waals surface area contributed by atoms with Gasteiger partial charge in [-0.05, 0) is 105 Å². The van der Waals surface area contributed by atoms with Crippen molar-refractivity contribution >= 4 is 39.0 Å². The number of nitrogens with zero attached hydrogens (tertiary/aromatic N) is 1. The van der Waals surface area contributed by atoms with Crippen molar-refractivity contribution in [2.45, 2.75) is 44.2 Å². The van der Waals surface area contributed by atoms with Crippen LogP contribution in [0.5, 0.6) is 5.75 Å². The summed E-state index contributed by atoms with van der Waals surface area (Å²) in [5, 5.41) is 4.97. The molecule has 0 radical (unpaired) electrons. The van der Waals surface area contributed by atoms with E-state index in [2.05, 4.69) is 195 Å². The number of rotatable bonds is 6. The van der Waals surface area contributed by atoms with Crippen molar-refractivity contribution in [3.05, 3.63) is 193 Å². The fourth-order valence-corrected chi connectivity index (χ4v) is 9.84. The Morgan fingerprint density at radius 3 is 2.09 bits per heavy atom. The summed E-state index contributed by atoms with van der Waals surface area (Å²) in [4.78, 5) is 2.50. The summed E-state index contributed by atoms with van der Waals surface area (Å²) >= 11 is 0. The van der Waals surface area contributed by atoms with Crippen LogP contribution < -0.4 is 9.64 Å². The molecule has 2 heterocycles. The zero-order valence-electron chi connectivity index (χ0n) is 32.2. The Kier molecular flexibility index (Phi) is 7.86. The van der Waals surface area contributed by atoms with Crippen molar-refractivity contribution in [3.8, 4) is 39.1 Å². The van der Waals surface area contributed by atoms with E-state index in [4.69, 9.17) is 9.15 Å². The molecule has 4 aliphatic rings. The first-order chi connectivity index (χ1) is 28.0. The average Bonchev–Trinajstić information content (AvgIpc) is 3.82. The van der Waals surface area contributed by atoms with Gasteiger partial charge in [0, 0.05) is 40.0 Å². The Labute approximate surface area is 334 Å². The molecule has 276 valence electrons. The van der Waals surface area contributed by atoms with Gasteiger partial charge >= 0.3 is 0 Å². The second kappa shape index (κ2) is 13.3. The number of anilines is 2. The van der Waals surface area contributed by atoms with Crippen molar-refractivity contribution in [1.82, 2.24) is 0 Å². The summed E-state index contributed by atoms with van der Waals surface area (Å²) in [6, 6.07) is 43.1. The van der Waals surface area contributed by atoms with Crippen LogP contribution in [-0.4, -0.2) is 11.6 Å². The highest BCUT2D eigenvalue weighted by Gasteiger charge is 2.43. The lowest BCUT2D eigenvalue weighted by atomic mass is 9.82. The fraction of sp³-hybridized carbons (Fsp3) is 0.148. The van der Waals surface area contributed by atoms with Crippen LogP contribution in [0.4, 0.5) is 11.4 Å². The minimum absolute atomic E-state index is 0.130. The quantitative estimate of drug-likeness (QED) is 0.159. The van der Waals surface area contributed by atoms with E-state index in [9.17, 15) is 0 Å². The molecule has 3 heteroatoms. The van der Waals surface area contributed by atoms with Crippen LogP contribution in [0.15, 0.2) is 181 Å². The van der Waals surface area contributed by atoms with Gasteiger partial charge in [-0.3, -0.25) is 0 Å². The van der Waals surface area contributed by atoms with Crippen LogP contribution in [0.3, 0.4) is 0 Å². The first kappa shape index (κ1) is 33.7. The van der Waals surface area contributed by atoms with Gasteiger partial charge in [-0.1, -0.05) is 147 Å². The highest BCUT2D eigenvalue weighted by atomic mass is 16.5. The van der Waals surface area contributed by atoms with Gasteiger partial charge in [-0.25, -0.2) is 0 Å². The normalized spacial score (nSPS) is 21.4. The van der Waals surface area contributed by atoms with E-state index in [-0.39, 0.29) is 17.6 Å². The van der Waals surface area contributed by atoms with Gasteiger partial charge in [0.1, 0.15) is 17.1 Å². The smallest absolute Gasteiger partial charge is 0.135 e. The minimum Gasteiger partial charge on any atom is -0.482 e. The van der Waals surface area contributed by atoms with Gasteiger partial charge in [0.25, 0.3) is 0 Å². The van der Waals surface area contributed by atoms with E-state index >= 15 is 0 Å². The summed E-state index contributed by atoms with van der Waals surface area (Å²) in [7, 11) is 0. The molecule has 57 heavy (non-hydrogen) atoms. The van der Waals surface area contributed by atoms with Crippen LogP contribution in [0.2, 0.25) is 0 Å². The number of ether oxygens (including phenoxy) is 1. The third-order valence-corrected chi connectivity index (χ3v) is 12.7. The molecule has 4 atom stereocenters. The topological polar surface area (TPSA) is 25.6 Å². The lowest BCUT2D eigenvalue weighted by molar-refractivity contribution is 0.155. The second-order valence-electron chi connectivity index (χ2n) is 16.1. The molecule has 0 bridgehead atoms. The van der Waals surface area contributed by atoms with E-state index < -0.39 is 0 Å². The molecular weight excluding hydrogens is 695 g/mol. The lowest BCUT2D eigenvalue weighted by Crippen LogP contribution is -2.35. The Hall–Kier alpha value is -6.58. The largest absolute Gasteiger partial charge is 0.482 e. The van der Waals surface area contributed by atoms with Crippen molar-refractivity contribution in [3.63, 3.8) is 0 Å². The van der Waals surface area contributed by atoms with E-state index in [1.165, 1.54) is 66.1 Å². The Bertz CT molecular complexity index is 2830. The maximum atomic E-state index is 6.72. The highest BCUT2D eigenvalue weighted by molar-refractivity contribution is 6.21. The highest BCUT2D eigenvalue weighted by Crippen LogP contribution is 2.50. The number of hydrogen-bond donors (Lipinski definition) is 0. The van der Waals surface area contributed by atoms with Gasteiger partial charge in [0.2, 0.25) is 0 Å². The fourth-order valence-electron chi connectivity index (χ4n) is 9.84. The van der Waals surface area contributed by atoms with Crippen LogP contribution in [0, 0.1) is 5.92 Å². The molecule has 1 aromatic heterocycles. The molecule has 7 aromatic rings. The Balaban J connectivity index is 1.04. The molecule has 3 aliphatic carbocycles. The van der Waals surface area contributed by atoms with Gasteiger partial charge in [-0.15, -0.1) is 0 Å². The summed E-state index contributed by atoms with van der Waals surface area (Å²) in [5.74, 6) is 2.47. The van der Waals surface area contributed by atoms with Crippen molar-refractivity contribution in [2.24, 2.45) is 5.92 Å². The second-order valence-corrected chi connectivity index (χ2v) is 16.1. The summed E-state index contributed by atoms with van der Waals surface area (Å²) in [5.41, 5.74) is 11.8. The molecule has 3 nitrogen and oxygen atoms in total. The molecule has 4 unspecified atom stereocenters. The van der Waals surface area contributed by atoms with Crippen LogP contribution >= 0.6 is 0 Å². The van der Waals surface area contributed by atoms with Gasteiger partial charge in [0.15, 0.2) is 0 Å². The zero-order chi connectivity index (χ0) is 38.1. The van der Waals surface area contributed by atoms with Crippen LogP contribution in [-0.2, 0) is 6.42 Å². The van der Waals surface area contributed by atoms with E-state index in [0.29, 0.717) is 5.92 Å². The molecule has 1 aliphatic heterocycles. The lowest BCUT2D eigenvalue weighted by Gasteiger charge is -2.36. The van der Waals surface area contributed by atoms with E-state index in [1.54, 1.807) is 0 Å². The summed E-state index contributed by atoms with van der Waals surface area (Å²) in [6.45, 7) is 4.50.